The fourth-order valence-corrected chi connectivity index (χ4v) is 3.60. The van der Waals surface area contributed by atoms with Gasteiger partial charge < -0.3 is 15.2 Å². The smallest absolute Gasteiger partial charge is 0.270 e. The maximum absolute atomic E-state index is 13.1. The first-order valence-corrected chi connectivity index (χ1v) is 10.2. The van der Waals surface area contributed by atoms with Crippen LogP contribution < -0.4 is 10.1 Å². The van der Waals surface area contributed by atoms with Crippen LogP contribution in [0.1, 0.15) is 38.9 Å². The van der Waals surface area contributed by atoms with Crippen LogP contribution in [0.2, 0.25) is 0 Å². The zero-order valence-corrected chi connectivity index (χ0v) is 17.5. The lowest BCUT2D eigenvalue weighted by molar-refractivity contribution is 0.0909. The molecule has 0 aliphatic carbocycles. The Bertz CT molecular complexity index is 1290. The van der Waals surface area contributed by atoms with E-state index in [9.17, 15) is 15.2 Å². The van der Waals surface area contributed by atoms with Gasteiger partial charge in [-0.15, -0.1) is 0 Å². The molecular weight excluding hydrogens is 404 g/mol. The second kappa shape index (κ2) is 9.33. The van der Waals surface area contributed by atoms with E-state index >= 15 is 0 Å². The zero-order chi connectivity index (χ0) is 22.5. The highest BCUT2D eigenvalue weighted by molar-refractivity contribution is 5.95. The summed E-state index contributed by atoms with van der Waals surface area (Å²) in [7, 11) is 0. The molecular formula is C25H22N4O3. The van der Waals surface area contributed by atoms with Gasteiger partial charge in [-0.05, 0) is 30.7 Å². The highest BCUT2D eigenvalue weighted by atomic mass is 16.5. The van der Waals surface area contributed by atoms with Gasteiger partial charge in [0.1, 0.15) is 12.3 Å². The fraction of sp³-hybridized carbons (Fsp3) is 0.160. The number of aliphatic hydroxyl groups is 1. The van der Waals surface area contributed by atoms with Crippen LogP contribution in [-0.2, 0) is 6.61 Å². The minimum atomic E-state index is -0.532. The Morgan fingerprint density at radius 1 is 1.16 bits per heavy atom. The molecule has 2 aromatic carbocycles. The van der Waals surface area contributed by atoms with Crippen LogP contribution in [0, 0.1) is 18.3 Å². The van der Waals surface area contributed by atoms with E-state index in [2.05, 4.69) is 16.4 Å². The average molecular weight is 426 g/mol. The number of pyridine rings is 1. The van der Waals surface area contributed by atoms with Gasteiger partial charge in [0.25, 0.3) is 5.91 Å². The summed E-state index contributed by atoms with van der Waals surface area (Å²) < 4.78 is 7.64. The minimum Gasteiger partial charge on any atom is -0.485 e. The summed E-state index contributed by atoms with van der Waals surface area (Å²) in [5.74, 6) is 0.161. The van der Waals surface area contributed by atoms with Crippen molar-refractivity contribution in [3.05, 3.63) is 101 Å². The highest BCUT2D eigenvalue weighted by Crippen LogP contribution is 2.24. The molecule has 2 N–H and O–H groups in total. The Morgan fingerprint density at radius 3 is 2.66 bits per heavy atom. The van der Waals surface area contributed by atoms with Gasteiger partial charge in [0.05, 0.1) is 30.0 Å². The molecule has 2 aromatic heterocycles. The maximum atomic E-state index is 13.1. The average Bonchev–Trinajstić information content (AvgIpc) is 3.18. The number of nitrogens with one attached hydrogen (secondary N) is 1. The van der Waals surface area contributed by atoms with E-state index in [0.29, 0.717) is 28.3 Å². The van der Waals surface area contributed by atoms with E-state index in [1.807, 2.05) is 42.5 Å². The summed E-state index contributed by atoms with van der Waals surface area (Å²) in [4.78, 5) is 17.6. The van der Waals surface area contributed by atoms with E-state index in [-0.39, 0.29) is 19.1 Å². The van der Waals surface area contributed by atoms with Crippen LogP contribution in [0.4, 0.5) is 0 Å². The van der Waals surface area contributed by atoms with Crippen molar-refractivity contribution in [2.75, 3.05) is 6.61 Å². The summed E-state index contributed by atoms with van der Waals surface area (Å²) in [6, 6.07) is 21.7. The third kappa shape index (κ3) is 4.17. The van der Waals surface area contributed by atoms with Crippen LogP contribution in [0.15, 0.2) is 72.9 Å². The molecule has 0 unspecified atom stereocenters. The summed E-state index contributed by atoms with van der Waals surface area (Å²) in [6.45, 7) is 1.74. The SMILES string of the molecule is Cc1nc2c(OCc3ccccc3C#N)cccn2c1C(=O)N[C@@H](CO)c1ccccc1. The lowest BCUT2D eigenvalue weighted by atomic mass is 10.1. The van der Waals surface area contributed by atoms with E-state index in [1.54, 1.807) is 41.8 Å². The molecule has 0 fully saturated rings. The van der Waals surface area contributed by atoms with Crippen molar-refractivity contribution in [1.29, 1.82) is 5.26 Å². The monoisotopic (exact) mass is 426 g/mol. The van der Waals surface area contributed by atoms with E-state index < -0.39 is 6.04 Å². The summed E-state index contributed by atoms with van der Waals surface area (Å²) in [6.07, 6.45) is 1.75. The van der Waals surface area contributed by atoms with Gasteiger partial charge in [-0.1, -0.05) is 48.5 Å². The molecule has 2 heterocycles. The molecule has 0 saturated heterocycles. The topological polar surface area (TPSA) is 99.6 Å². The third-order valence-electron chi connectivity index (χ3n) is 5.21. The standard InChI is InChI=1S/C25H22N4O3/c1-17-23(25(31)28-21(15-30)18-8-3-2-4-9-18)29-13-7-12-22(24(29)27-17)32-16-20-11-6-5-10-19(20)14-26/h2-13,21,30H,15-16H2,1H3,(H,28,31)/t21-/m0/s1. The Labute approximate surface area is 185 Å². The molecule has 160 valence electrons. The molecule has 0 spiro atoms. The second-order valence-electron chi connectivity index (χ2n) is 7.29. The molecule has 7 heteroatoms. The molecule has 1 atom stereocenters. The van der Waals surface area contributed by atoms with Gasteiger partial charge in [0.2, 0.25) is 0 Å². The maximum Gasteiger partial charge on any atom is 0.270 e. The summed E-state index contributed by atoms with van der Waals surface area (Å²) >= 11 is 0. The van der Waals surface area contributed by atoms with Crippen LogP contribution in [0.3, 0.4) is 0 Å². The molecule has 4 rings (SSSR count). The number of nitriles is 1. The van der Waals surface area contributed by atoms with E-state index in [0.717, 1.165) is 11.1 Å². The number of aromatic nitrogens is 2. The Morgan fingerprint density at radius 2 is 1.91 bits per heavy atom. The van der Waals surface area contributed by atoms with Crippen molar-refractivity contribution >= 4 is 11.6 Å². The second-order valence-corrected chi connectivity index (χ2v) is 7.29. The number of ether oxygens (including phenoxy) is 1. The quantitative estimate of drug-likeness (QED) is 0.471. The highest BCUT2D eigenvalue weighted by Gasteiger charge is 2.22. The van der Waals surface area contributed by atoms with Gasteiger partial charge in [0, 0.05) is 11.8 Å². The molecule has 4 aromatic rings. The largest absolute Gasteiger partial charge is 0.485 e. The lowest BCUT2D eigenvalue weighted by Gasteiger charge is -2.17. The molecule has 7 nitrogen and oxygen atoms in total. The predicted octanol–water partition coefficient (Wildman–Crippen LogP) is 3.56. The van der Waals surface area contributed by atoms with Crippen molar-refractivity contribution in [3.8, 4) is 11.8 Å². The summed E-state index contributed by atoms with van der Waals surface area (Å²) in [5, 5.41) is 22.0. The van der Waals surface area contributed by atoms with Gasteiger partial charge in [-0.2, -0.15) is 5.26 Å². The number of carbonyl (C=O) groups excluding carboxylic acids is 1. The van der Waals surface area contributed by atoms with Gasteiger partial charge in [-0.25, -0.2) is 4.98 Å². The van der Waals surface area contributed by atoms with Crippen LogP contribution in [0.5, 0.6) is 5.75 Å². The van der Waals surface area contributed by atoms with Crippen molar-refractivity contribution in [3.63, 3.8) is 0 Å². The predicted molar refractivity (Wildman–Crippen MR) is 119 cm³/mol. The number of amides is 1. The fourth-order valence-electron chi connectivity index (χ4n) is 3.60. The number of rotatable bonds is 7. The molecule has 32 heavy (non-hydrogen) atoms. The third-order valence-corrected chi connectivity index (χ3v) is 5.21. The zero-order valence-electron chi connectivity index (χ0n) is 17.5. The number of carbonyl (C=O) groups is 1. The Hall–Kier alpha value is -4.15. The van der Waals surface area contributed by atoms with Crippen molar-refractivity contribution < 1.29 is 14.6 Å². The van der Waals surface area contributed by atoms with E-state index in [1.165, 1.54) is 0 Å². The Balaban J connectivity index is 1.61. The number of nitrogens with zero attached hydrogens (tertiary/aromatic N) is 3. The molecule has 1 amide bonds. The molecule has 0 saturated carbocycles. The van der Waals surface area contributed by atoms with Crippen LogP contribution in [0.25, 0.3) is 5.65 Å². The first-order chi connectivity index (χ1) is 15.6. The molecule has 0 bridgehead atoms. The van der Waals surface area contributed by atoms with Crippen molar-refractivity contribution in [2.24, 2.45) is 0 Å². The van der Waals surface area contributed by atoms with Gasteiger partial charge in [0.15, 0.2) is 11.4 Å². The molecule has 0 aliphatic heterocycles. The first-order valence-electron chi connectivity index (χ1n) is 10.2. The van der Waals surface area contributed by atoms with E-state index in [4.69, 9.17) is 4.74 Å². The van der Waals surface area contributed by atoms with Crippen molar-refractivity contribution in [2.45, 2.75) is 19.6 Å². The lowest BCUT2D eigenvalue weighted by Crippen LogP contribution is -2.32. The van der Waals surface area contributed by atoms with Crippen LogP contribution in [-0.4, -0.2) is 27.0 Å². The van der Waals surface area contributed by atoms with Gasteiger partial charge in [-0.3, -0.25) is 9.20 Å². The Kier molecular flexibility index (Phi) is 6.15. The van der Waals surface area contributed by atoms with Crippen molar-refractivity contribution in [1.82, 2.24) is 14.7 Å². The summed E-state index contributed by atoms with van der Waals surface area (Å²) in [5.41, 5.74) is 3.56. The first kappa shape index (κ1) is 21.1. The number of hydrogen-bond acceptors (Lipinski definition) is 5. The number of benzene rings is 2. The van der Waals surface area contributed by atoms with Crippen LogP contribution >= 0.6 is 0 Å². The number of aryl methyl sites for hydroxylation is 1. The number of aliphatic hydroxyl groups excluding tert-OH is 1. The number of imidazole rings is 1. The molecule has 0 radical (unpaired) electrons. The number of fused-ring (bicyclic) bond motifs is 1. The van der Waals surface area contributed by atoms with Gasteiger partial charge >= 0.3 is 0 Å². The normalized spacial score (nSPS) is 11.7. The minimum absolute atomic E-state index is 0.206. The number of hydrogen-bond donors (Lipinski definition) is 2. The molecule has 0 aliphatic rings.